The smallest absolute Gasteiger partial charge is 0.0960 e. The molecule has 0 bridgehead atoms. The molecule has 26 heavy (non-hydrogen) atoms. The SMILES string of the molecule is CN(C)c1ccc(CNc2ccc3c(c2)ncn3C2CCCCC2)cc1. The molecule has 1 heterocycles. The minimum atomic E-state index is 0.628. The van der Waals surface area contributed by atoms with E-state index >= 15 is 0 Å². The van der Waals surface area contributed by atoms with Gasteiger partial charge in [0.05, 0.1) is 17.4 Å². The van der Waals surface area contributed by atoms with E-state index in [0.717, 1.165) is 17.7 Å². The van der Waals surface area contributed by atoms with Crippen molar-refractivity contribution in [2.24, 2.45) is 0 Å². The maximum Gasteiger partial charge on any atom is 0.0960 e. The topological polar surface area (TPSA) is 33.1 Å². The van der Waals surface area contributed by atoms with Gasteiger partial charge >= 0.3 is 0 Å². The third-order valence-corrected chi connectivity index (χ3v) is 5.49. The zero-order valence-corrected chi connectivity index (χ0v) is 15.8. The molecule has 0 unspecified atom stereocenters. The highest BCUT2D eigenvalue weighted by molar-refractivity contribution is 5.79. The molecule has 3 aromatic rings. The molecule has 4 nitrogen and oxygen atoms in total. The quantitative estimate of drug-likeness (QED) is 0.686. The summed E-state index contributed by atoms with van der Waals surface area (Å²) in [5, 5.41) is 3.53. The first kappa shape index (κ1) is 17.0. The number of nitrogens with one attached hydrogen (secondary N) is 1. The molecular formula is C22H28N4. The average molecular weight is 348 g/mol. The van der Waals surface area contributed by atoms with Gasteiger partial charge in [0.1, 0.15) is 0 Å². The Kier molecular flexibility index (Phi) is 4.83. The highest BCUT2D eigenvalue weighted by Crippen LogP contribution is 2.31. The summed E-state index contributed by atoms with van der Waals surface area (Å²) in [5.74, 6) is 0. The van der Waals surface area contributed by atoms with Crippen molar-refractivity contribution in [1.29, 1.82) is 0 Å². The highest BCUT2D eigenvalue weighted by Gasteiger charge is 2.17. The Morgan fingerprint density at radius 3 is 2.54 bits per heavy atom. The third-order valence-electron chi connectivity index (χ3n) is 5.49. The molecule has 1 fully saturated rings. The van der Waals surface area contributed by atoms with Gasteiger partial charge < -0.3 is 14.8 Å². The van der Waals surface area contributed by atoms with Crippen LogP contribution in [0.4, 0.5) is 11.4 Å². The predicted molar refractivity (Wildman–Crippen MR) is 110 cm³/mol. The van der Waals surface area contributed by atoms with E-state index in [1.54, 1.807) is 0 Å². The second-order valence-corrected chi connectivity index (χ2v) is 7.56. The maximum atomic E-state index is 4.66. The van der Waals surface area contributed by atoms with Crippen LogP contribution in [0.3, 0.4) is 0 Å². The Balaban J connectivity index is 1.46. The third kappa shape index (κ3) is 3.55. The Hall–Kier alpha value is -2.49. The number of hydrogen-bond acceptors (Lipinski definition) is 3. The molecule has 0 saturated heterocycles. The van der Waals surface area contributed by atoms with E-state index in [1.807, 2.05) is 6.33 Å². The lowest BCUT2D eigenvalue weighted by molar-refractivity contribution is 0.359. The van der Waals surface area contributed by atoms with Crippen molar-refractivity contribution in [2.45, 2.75) is 44.7 Å². The molecule has 0 aliphatic heterocycles. The van der Waals surface area contributed by atoms with Crippen LogP contribution in [0.25, 0.3) is 11.0 Å². The van der Waals surface area contributed by atoms with Crippen molar-refractivity contribution in [2.75, 3.05) is 24.3 Å². The van der Waals surface area contributed by atoms with Crippen LogP contribution < -0.4 is 10.2 Å². The van der Waals surface area contributed by atoms with E-state index in [1.165, 1.54) is 48.9 Å². The van der Waals surface area contributed by atoms with Gasteiger partial charge in [-0.1, -0.05) is 31.4 Å². The number of benzene rings is 2. The fourth-order valence-electron chi connectivity index (χ4n) is 3.91. The van der Waals surface area contributed by atoms with Crippen LogP contribution in [-0.4, -0.2) is 23.6 Å². The van der Waals surface area contributed by atoms with E-state index in [0.29, 0.717) is 6.04 Å². The van der Waals surface area contributed by atoms with Crippen LogP contribution in [0.15, 0.2) is 48.8 Å². The monoisotopic (exact) mass is 348 g/mol. The molecule has 0 atom stereocenters. The highest BCUT2D eigenvalue weighted by atomic mass is 15.1. The summed E-state index contributed by atoms with van der Waals surface area (Å²) >= 11 is 0. The number of hydrogen-bond donors (Lipinski definition) is 1. The van der Waals surface area contributed by atoms with Gasteiger partial charge in [-0.25, -0.2) is 4.98 Å². The van der Waals surface area contributed by atoms with Crippen LogP contribution in [-0.2, 0) is 6.54 Å². The van der Waals surface area contributed by atoms with Crippen molar-refractivity contribution in [3.05, 3.63) is 54.4 Å². The largest absolute Gasteiger partial charge is 0.381 e. The lowest BCUT2D eigenvalue weighted by Crippen LogP contribution is -2.11. The first-order chi connectivity index (χ1) is 12.7. The average Bonchev–Trinajstić information content (AvgIpc) is 3.10. The molecule has 1 aliphatic carbocycles. The number of imidazole rings is 1. The van der Waals surface area contributed by atoms with Gasteiger partial charge in [0.15, 0.2) is 0 Å². The Morgan fingerprint density at radius 2 is 1.81 bits per heavy atom. The number of anilines is 2. The lowest BCUT2D eigenvalue weighted by atomic mass is 9.95. The van der Waals surface area contributed by atoms with E-state index in [-0.39, 0.29) is 0 Å². The van der Waals surface area contributed by atoms with Crippen LogP contribution in [0, 0.1) is 0 Å². The second kappa shape index (κ2) is 7.40. The minimum Gasteiger partial charge on any atom is -0.381 e. The van der Waals surface area contributed by atoms with Gasteiger partial charge in [0.25, 0.3) is 0 Å². The van der Waals surface area contributed by atoms with Gasteiger partial charge in [-0.3, -0.25) is 0 Å². The normalized spacial score (nSPS) is 15.3. The van der Waals surface area contributed by atoms with Crippen molar-refractivity contribution >= 4 is 22.4 Å². The van der Waals surface area contributed by atoms with Gasteiger partial charge in [-0.2, -0.15) is 0 Å². The van der Waals surface area contributed by atoms with Crippen molar-refractivity contribution < 1.29 is 0 Å². The molecule has 136 valence electrons. The summed E-state index contributed by atoms with van der Waals surface area (Å²) in [7, 11) is 4.13. The molecule has 0 radical (unpaired) electrons. The van der Waals surface area contributed by atoms with Gasteiger partial charge in [-0.15, -0.1) is 0 Å². The van der Waals surface area contributed by atoms with E-state index in [4.69, 9.17) is 0 Å². The molecule has 2 aromatic carbocycles. The van der Waals surface area contributed by atoms with Crippen molar-refractivity contribution in [3.63, 3.8) is 0 Å². The summed E-state index contributed by atoms with van der Waals surface area (Å²) in [5.41, 5.74) is 5.98. The predicted octanol–water partition coefficient (Wildman–Crippen LogP) is 5.22. The Morgan fingerprint density at radius 1 is 1.04 bits per heavy atom. The molecule has 4 rings (SSSR count). The summed E-state index contributed by atoms with van der Waals surface area (Å²) in [6, 6.07) is 15.9. The van der Waals surface area contributed by atoms with Crippen LogP contribution >= 0.6 is 0 Å². The molecule has 1 aromatic heterocycles. The zero-order chi connectivity index (χ0) is 17.9. The Labute approximate surface area is 155 Å². The molecule has 1 saturated carbocycles. The van der Waals surface area contributed by atoms with Crippen LogP contribution in [0.2, 0.25) is 0 Å². The number of aromatic nitrogens is 2. The van der Waals surface area contributed by atoms with E-state index in [9.17, 15) is 0 Å². The van der Waals surface area contributed by atoms with Crippen molar-refractivity contribution in [3.8, 4) is 0 Å². The van der Waals surface area contributed by atoms with Gasteiger partial charge in [0.2, 0.25) is 0 Å². The molecule has 1 N–H and O–H groups in total. The standard InChI is InChI=1S/C22H28N4/c1-25(2)19-11-8-17(9-12-19)15-23-18-10-13-22-21(14-18)24-16-26(22)20-6-4-3-5-7-20/h8-14,16,20,23H,3-7,15H2,1-2H3. The molecular weight excluding hydrogens is 320 g/mol. The summed E-state index contributed by atoms with van der Waals surface area (Å²) in [4.78, 5) is 6.78. The molecule has 0 spiro atoms. The van der Waals surface area contributed by atoms with E-state index in [2.05, 4.69) is 76.3 Å². The molecule has 4 heteroatoms. The van der Waals surface area contributed by atoms with Gasteiger partial charge in [0, 0.05) is 38.1 Å². The van der Waals surface area contributed by atoms with Crippen LogP contribution in [0.1, 0.15) is 43.7 Å². The zero-order valence-electron chi connectivity index (χ0n) is 15.8. The summed E-state index contributed by atoms with van der Waals surface area (Å²) in [6.45, 7) is 0.822. The lowest BCUT2D eigenvalue weighted by Gasteiger charge is -2.23. The van der Waals surface area contributed by atoms with Crippen LogP contribution in [0.5, 0.6) is 0 Å². The van der Waals surface area contributed by atoms with E-state index < -0.39 is 0 Å². The summed E-state index contributed by atoms with van der Waals surface area (Å²) < 4.78 is 2.39. The fraction of sp³-hybridized carbons (Fsp3) is 0.409. The Bertz CT molecular complexity index is 857. The summed E-state index contributed by atoms with van der Waals surface area (Å²) in [6.07, 6.45) is 8.67. The number of fused-ring (bicyclic) bond motifs is 1. The molecule has 0 amide bonds. The fourth-order valence-corrected chi connectivity index (χ4v) is 3.91. The first-order valence-electron chi connectivity index (χ1n) is 9.67. The maximum absolute atomic E-state index is 4.66. The second-order valence-electron chi connectivity index (χ2n) is 7.56. The molecule has 1 aliphatic rings. The number of rotatable bonds is 5. The van der Waals surface area contributed by atoms with Crippen molar-refractivity contribution in [1.82, 2.24) is 9.55 Å². The minimum absolute atomic E-state index is 0.628. The van der Waals surface area contributed by atoms with Gasteiger partial charge in [-0.05, 0) is 48.7 Å². The number of nitrogens with zero attached hydrogens (tertiary/aromatic N) is 3. The first-order valence-corrected chi connectivity index (χ1v) is 9.67.